The van der Waals surface area contributed by atoms with Gasteiger partial charge >= 0.3 is 0 Å². The van der Waals surface area contributed by atoms with E-state index < -0.39 is 17.4 Å². The molecule has 1 aromatic heterocycles. The summed E-state index contributed by atoms with van der Waals surface area (Å²) in [6.45, 7) is 6.40. The molecule has 9 heteroatoms. The number of hydrogen-bond acceptors (Lipinski definition) is 4. The van der Waals surface area contributed by atoms with Crippen molar-refractivity contribution in [1.82, 2.24) is 19.8 Å². The van der Waals surface area contributed by atoms with E-state index in [1.54, 1.807) is 41.5 Å². The third-order valence-corrected chi connectivity index (χ3v) is 6.73. The average molecular weight is 494 g/mol. The summed E-state index contributed by atoms with van der Waals surface area (Å²) in [7, 11) is 0. The molecule has 2 heterocycles. The monoisotopic (exact) mass is 493 g/mol. The number of halogens is 1. The lowest BCUT2D eigenvalue weighted by Crippen LogP contribution is -2.64. The zero-order valence-corrected chi connectivity index (χ0v) is 20.7. The molecule has 182 valence electrons. The fourth-order valence-corrected chi connectivity index (χ4v) is 4.50. The van der Waals surface area contributed by atoms with Gasteiger partial charge in [-0.05, 0) is 43.5 Å². The molecule has 0 fully saturated rings. The van der Waals surface area contributed by atoms with Crippen LogP contribution in [0.3, 0.4) is 0 Å². The molecule has 1 atom stereocenters. The third kappa shape index (κ3) is 4.66. The number of fused-ring (bicyclic) bond motifs is 1. The minimum atomic E-state index is -1.13. The van der Waals surface area contributed by atoms with Crippen LogP contribution in [0.2, 0.25) is 5.02 Å². The van der Waals surface area contributed by atoms with E-state index in [0.717, 1.165) is 11.1 Å². The number of aromatic nitrogens is 2. The van der Waals surface area contributed by atoms with E-state index in [-0.39, 0.29) is 23.8 Å². The zero-order chi connectivity index (χ0) is 25.2. The highest BCUT2D eigenvalue weighted by Gasteiger charge is 2.48. The molecule has 0 radical (unpaired) electrons. The molecule has 1 unspecified atom stereocenters. The molecule has 2 N–H and O–H groups in total. The summed E-state index contributed by atoms with van der Waals surface area (Å²) in [5, 5.41) is 6.29. The van der Waals surface area contributed by atoms with E-state index in [1.807, 2.05) is 37.3 Å². The Morgan fingerprint density at radius 3 is 2.60 bits per heavy atom. The molecule has 3 aromatic rings. The number of carbonyl (C=O) groups is 3. The van der Waals surface area contributed by atoms with Crippen molar-refractivity contribution in [1.29, 1.82) is 0 Å². The Morgan fingerprint density at radius 1 is 1.14 bits per heavy atom. The molecule has 1 aliphatic heterocycles. The molecule has 2 aromatic carbocycles. The number of nitrogens with one attached hydrogen (secondary N) is 2. The maximum absolute atomic E-state index is 13.6. The lowest BCUT2D eigenvalue weighted by molar-refractivity contribution is -0.133. The second kappa shape index (κ2) is 9.92. The average Bonchev–Trinajstić information content (AvgIpc) is 3.27. The zero-order valence-electron chi connectivity index (χ0n) is 20.0. The normalized spacial score (nSPS) is 17.1. The van der Waals surface area contributed by atoms with Gasteiger partial charge in [-0.15, -0.1) is 0 Å². The van der Waals surface area contributed by atoms with Gasteiger partial charge in [0.1, 0.15) is 11.2 Å². The maximum Gasteiger partial charge on any atom is 0.276 e. The van der Waals surface area contributed by atoms with Crippen molar-refractivity contribution in [2.45, 2.75) is 45.8 Å². The van der Waals surface area contributed by atoms with E-state index in [4.69, 9.17) is 11.6 Å². The van der Waals surface area contributed by atoms with E-state index >= 15 is 0 Å². The summed E-state index contributed by atoms with van der Waals surface area (Å²) >= 11 is 6.17. The lowest BCUT2D eigenvalue weighted by Gasteiger charge is -2.43. The standard InChI is InChI=1S/C26H28ClN5O3/c1-4-13-32-24(34)22-21(23(33)30-20-12-8-11-19(27)17(20)2)29-16-31(22)15-26(32,3)25(35)28-14-18-9-6-5-7-10-18/h5-12,16H,4,13-15H2,1-3H3,(H,28,35)(H,30,33). The van der Waals surface area contributed by atoms with Crippen LogP contribution in [0.1, 0.15) is 52.4 Å². The van der Waals surface area contributed by atoms with Gasteiger partial charge < -0.3 is 20.1 Å². The summed E-state index contributed by atoms with van der Waals surface area (Å²) in [5.74, 6) is -1.17. The van der Waals surface area contributed by atoms with Gasteiger partial charge in [-0.1, -0.05) is 54.9 Å². The highest BCUT2D eigenvalue weighted by molar-refractivity contribution is 6.31. The second-order valence-electron chi connectivity index (χ2n) is 8.84. The molecule has 0 aliphatic carbocycles. The highest BCUT2D eigenvalue weighted by atomic mass is 35.5. The van der Waals surface area contributed by atoms with Gasteiger partial charge in [0.05, 0.1) is 12.9 Å². The number of rotatable bonds is 7. The molecule has 3 amide bonds. The molecular formula is C26H28ClN5O3. The van der Waals surface area contributed by atoms with Crippen LogP contribution in [0, 0.1) is 6.92 Å². The van der Waals surface area contributed by atoms with Crippen molar-refractivity contribution >= 4 is 35.0 Å². The highest BCUT2D eigenvalue weighted by Crippen LogP contribution is 2.30. The van der Waals surface area contributed by atoms with Crippen molar-refractivity contribution in [3.8, 4) is 0 Å². The van der Waals surface area contributed by atoms with Crippen molar-refractivity contribution in [3.63, 3.8) is 0 Å². The first-order valence-electron chi connectivity index (χ1n) is 11.5. The van der Waals surface area contributed by atoms with E-state index in [0.29, 0.717) is 30.2 Å². The second-order valence-corrected chi connectivity index (χ2v) is 9.24. The number of carbonyl (C=O) groups excluding carboxylic acids is 3. The fraction of sp³-hybridized carbons (Fsp3) is 0.308. The number of nitrogens with zero attached hydrogens (tertiary/aromatic N) is 3. The predicted octanol–water partition coefficient (Wildman–Crippen LogP) is 4.04. The molecule has 35 heavy (non-hydrogen) atoms. The van der Waals surface area contributed by atoms with Gasteiger partial charge in [-0.25, -0.2) is 4.98 Å². The van der Waals surface area contributed by atoms with Crippen molar-refractivity contribution in [3.05, 3.63) is 82.4 Å². The first-order chi connectivity index (χ1) is 16.8. The van der Waals surface area contributed by atoms with Crippen LogP contribution in [-0.4, -0.2) is 44.3 Å². The van der Waals surface area contributed by atoms with Crippen LogP contribution < -0.4 is 10.6 Å². The molecule has 0 spiro atoms. The van der Waals surface area contributed by atoms with Crippen LogP contribution in [0.5, 0.6) is 0 Å². The first-order valence-corrected chi connectivity index (χ1v) is 11.9. The Bertz CT molecular complexity index is 1270. The number of anilines is 1. The van der Waals surface area contributed by atoms with E-state index in [9.17, 15) is 14.4 Å². The van der Waals surface area contributed by atoms with Gasteiger partial charge in [-0.2, -0.15) is 0 Å². The quantitative estimate of drug-likeness (QED) is 0.519. The lowest BCUT2D eigenvalue weighted by atomic mass is 9.93. The topological polar surface area (TPSA) is 96.3 Å². The van der Waals surface area contributed by atoms with Crippen molar-refractivity contribution < 1.29 is 14.4 Å². The van der Waals surface area contributed by atoms with Gasteiger partial charge in [0.2, 0.25) is 5.91 Å². The van der Waals surface area contributed by atoms with Crippen LogP contribution >= 0.6 is 11.6 Å². The van der Waals surface area contributed by atoms with Crippen molar-refractivity contribution in [2.75, 3.05) is 11.9 Å². The number of benzene rings is 2. The molecular weight excluding hydrogens is 466 g/mol. The van der Waals surface area contributed by atoms with E-state index in [2.05, 4.69) is 15.6 Å². The fourth-order valence-electron chi connectivity index (χ4n) is 4.32. The van der Waals surface area contributed by atoms with Crippen LogP contribution in [0.4, 0.5) is 5.69 Å². The summed E-state index contributed by atoms with van der Waals surface area (Å²) < 4.78 is 1.59. The van der Waals surface area contributed by atoms with Crippen LogP contribution in [-0.2, 0) is 17.9 Å². The Morgan fingerprint density at radius 2 is 1.89 bits per heavy atom. The molecule has 0 bridgehead atoms. The minimum absolute atomic E-state index is 0.0159. The Balaban J connectivity index is 1.61. The molecule has 1 aliphatic rings. The minimum Gasteiger partial charge on any atom is -0.350 e. The van der Waals surface area contributed by atoms with Crippen LogP contribution in [0.25, 0.3) is 0 Å². The van der Waals surface area contributed by atoms with Crippen molar-refractivity contribution in [2.24, 2.45) is 0 Å². The predicted molar refractivity (Wildman–Crippen MR) is 134 cm³/mol. The van der Waals surface area contributed by atoms with Gasteiger partial charge in [0, 0.05) is 23.8 Å². The summed E-state index contributed by atoms with van der Waals surface area (Å²) in [5.41, 5.74) is 1.28. The smallest absolute Gasteiger partial charge is 0.276 e. The summed E-state index contributed by atoms with van der Waals surface area (Å²) in [6.07, 6.45) is 2.10. The van der Waals surface area contributed by atoms with Crippen LogP contribution in [0.15, 0.2) is 54.9 Å². The third-order valence-electron chi connectivity index (χ3n) is 6.32. The summed E-state index contributed by atoms with van der Waals surface area (Å²) in [6, 6.07) is 14.8. The number of imidazole rings is 1. The first kappa shape index (κ1) is 24.5. The molecule has 0 saturated heterocycles. The largest absolute Gasteiger partial charge is 0.350 e. The van der Waals surface area contributed by atoms with Gasteiger partial charge in [0.15, 0.2) is 5.69 Å². The van der Waals surface area contributed by atoms with E-state index in [1.165, 1.54) is 6.33 Å². The number of amides is 3. The number of hydrogen-bond donors (Lipinski definition) is 2. The maximum atomic E-state index is 13.6. The molecule has 8 nitrogen and oxygen atoms in total. The summed E-state index contributed by atoms with van der Waals surface area (Å²) in [4.78, 5) is 45.9. The van der Waals surface area contributed by atoms with Gasteiger partial charge in [-0.3, -0.25) is 14.4 Å². The SMILES string of the molecule is CCCN1C(=O)c2c(C(=O)Nc3cccc(Cl)c3C)ncn2CC1(C)C(=O)NCc1ccccc1. The Kier molecular flexibility index (Phi) is 6.93. The Hall–Kier alpha value is -3.65. The van der Waals surface area contributed by atoms with Gasteiger partial charge in [0.25, 0.3) is 11.8 Å². The Labute approximate surface area is 209 Å². The molecule has 0 saturated carbocycles. The molecule has 4 rings (SSSR count).